The van der Waals surface area contributed by atoms with E-state index in [0.29, 0.717) is 5.75 Å². The van der Waals surface area contributed by atoms with Crippen LogP contribution in [0.5, 0.6) is 5.75 Å². The zero-order chi connectivity index (χ0) is 11.1. The molecule has 0 bridgehead atoms. The first-order valence-electron chi connectivity index (χ1n) is 4.41. The van der Waals surface area contributed by atoms with Gasteiger partial charge < -0.3 is 5.11 Å². The predicted octanol–water partition coefficient (Wildman–Crippen LogP) is 3.82. The molecule has 0 unspecified atom stereocenters. The number of aromatic hydroxyl groups is 1. The Bertz CT molecular complexity index is 384. The Labute approximate surface area is 100.0 Å². The van der Waals surface area contributed by atoms with Crippen molar-refractivity contribution < 1.29 is 5.11 Å². The highest BCUT2D eigenvalue weighted by molar-refractivity contribution is 8.59. The van der Waals surface area contributed by atoms with E-state index in [1.807, 2.05) is 42.5 Å². The quantitative estimate of drug-likeness (QED) is 0.508. The minimum absolute atomic E-state index is 0.305. The molecule has 15 heavy (non-hydrogen) atoms. The van der Waals surface area contributed by atoms with E-state index in [1.54, 1.807) is 12.1 Å². The van der Waals surface area contributed by atoms with Gasteiger partial charge in [-0.3, -0.25) is 0 Å². The van der Waals surface area contributed by atoms with Gasteiger partial charge in [0.2, 0.25) is 0 Å². The van der Waals surface area contributed by atoms with Crippen LogP contribution >= 0.6 is 23.3 Å². The lowest BCUT2D eigenvalue weighted by molar-refractivity contribution is 0.475. The molecule has 0 aromatic heterocycles. The largest absolute Gasteiger partial charge is 0.508 e. The van der Waals surface area contributed by atoms with E-state index >= 15 is 0 Å². The summed E-state index contributed by atoms with van der Waals surface area (Å²) >= 11 is 6.44. The standard InChI is InChI=1S/C12H10O.H2S2/c13-12-8-6-11(7-9-12)10-4-2-1-3-5-10;1-2/h1-9,13H;1-2H. The van der Waals surface area contributed by atoms with Gasteiger partial charge in [0, 0.05) is 0 Å². The average molecular weight is 236 g/mol. The number of hydrogen-bond donors (Lipinski definition) is 3. The van der Waals surface area contributed by atoms with Gasteiger partial charge in [0.15, 0.2) is 0 Å². The summed E-state index contributed by atoms with van der Waals surface area (Å²) in [6.07, 6.45) is 0. The second-order valence-electron chi connectivity index (χ2n) is 2.91. The molecule has 0 spiro atoms. The molecule has 1 nitrogen and oxygen atoms in total. The van der Waals surface area contributed by atoms with E-state index < -0.39 is 0 Å². The lowest BCUT2D eigenvalue weighted by Gasteiger charge is -2.00. The molecule has 2 aromatic rings. The van der Waals surface area contributed by atoms with E-state index in [1.165, 1.54) is 5.56 Å². The number of hydrogen-bond acceptors (Lipinski definition) is 3. The van der Waals surface area contributed by atoms with Gasteiger partial charge in [0.25, 0.3) is 0 Å². The molecular weight excluding hydrogens is 224 g/mol. The zero-order valence-corrected chi connectivity index (χ0v) is 9.83. The van der Waals surface area contributed by atoms with Crippen molar-refractivity contribution in [1.29, 1.82) is 0 Å². The second-order valence-corrected chi connectivity index (χ2v) is 2.91. The molecule has 2 rings (SSSR count). The highest BCUT2D eigenvalue weighted by Gasteiger charge is 1.94. The van der Waals surface area contributed by atoms with Crippen molar-refractivity contribution in [2.45, 2.75) is 0 Å². The highest BCUT2D eigenvalue weighted by Crippen LogP contribution is 2.20. The van der Waals surface area contributed by atoms with Gasteiger partial charge in [-0.05, 0) is 23.3 Å². The Morgan fingerprint density at radius 2 is 1.13 bits per heavy atom. The van der Waals surface area contributed by atoms with Crippen molar-refractivity contribution in [3.8, 4) is 16.9 Å². The van der Waals surface area contributed by atoms with Crippen LogP contribution in [0, 0.1) is 0 Å². The molecule has 0 fully saturated rings. The Kier molecular flexibility index (Phi) is 5.15. The third-order valence-corrected chi connectivity index (χ3v) is 1.97. The first-order chi connectivity index (χ1) is 7.36. The molecule has 0 aliphatic carbocycles. The van der Waals surface area contributed by atoms with Crippen molar-refractivity contribution in [2.24, 2.45) is 0 Å². The molecule has 1 N–H and O–H groups in total. The Balaban J connectivity index is 0.000000531. The fourth-order valence-corrected chi connectivity index (χ4v) is 1.28. The normalized spacial score (nSPS) is 8.93. The summed E-state index contributed by atoms with van der Waals surface area (Å²) in [5.41, 5.74) is 2.29. The zero-order valence-electron chi connectivity index (χ0n) is 8.04. The summed E-state index contributed by atoms with van der Waals surface area (Å²) in [7, 11) is 0. The Morgan fingerprint density at radius 1 is 0.667 bits per heavy atom. The van der Waals surface area contributed by atoms with Crippen molar-refractivity contribution >= 4 is 23.3 Å². The SMILES string of the molecule is Oc1ccc(-c2ccccc2)cc1.SS. The number of thiol groups is 2. The monoisotopic (exact) mass is 236 g/mol. The molecule has 0 amide bonds. The summed E-state index contributed by atoms with van der Waals surface area (Å²) in [5.74, 6) is 0.305. The topological polar surface area (TPSA) is 20.2 Å². The van der Waals surface area contributed by atoms with Crippen molar-refractivity contribution in [3.63, 3.8) is 0 Å². The van der Waals surface area contributed by atoms with E-state index in [-0.39, 0.29) is 0 Å². The number of phenolic OH excluding ortho intramolecular Hbond substituents is 1. The van der Waals surface area contributed by atoms with Crippen LogP contribution < -0.4 is 0 Å². The number of benzene rings is 2. The maximum Gasteiger partial charge on any atom is 0.115 e. The van der Waals surface area contributed by atoms with Gasteiger partial charge in [-0.25, -0.2) is 0 Å². The maximum absolute atomic E-state index is 9.10. The highest BCUT2D eigenvalue weighted by atomic mass is 33.1. The molecule has 0 saturated carbocycles. The van der Waals surface area contributed by atoms with Gasteiger partial charge in [-0.2, -0.15) is 0 Å². The Hall–Kier alpha value is -1.06. The van der Waals surface area contributed by atoms with Crippen molar-refractivity contribution in [2.75, 3.05) is 0 Å². The third-order valence-electron chi connectivity index (χ3n) is 1.97. The van der Waals surface area contributed by atoms with Gasteiger partial charge in [0.05, 0.1) is 0 Å². The lowest BCUT2D eigenvalue weighted by atomic mass is 10.1. The fraction of sp³-hybridized carbons (Fsp3) is 0. The maximum atomic E-state index is 9.10. The van der Waals surface area contributed by atoms with Gasteiger partial charge in [-0.1, -0.05) is 42.5 Å². The van der Waals surface area contributed by atoms with Crippen LogP contribution in [0.25, 0.3) is 11.1 Å². The van der Waals surface area contributed by atoms with Crippen LogP contribution in [-0.4, -0.2) is 5.11 Å². The summed E-state index contributed by atoms with van der Waals surface area (Å²) in [4.78, 5) is 0. The molecule has 0 aliphatic rings. The Morgan fingerprint density at radius 3 is 1.67 bits per heavy atom. The fourth-order valence-electron chi connectivity index (χ4n) is 1.28. The molecule has 78 valence electrons. The molecule has 3 heteroatoms. The summed E-state index contributed by atoms with van der Waals surface area (Å²) in [5, 5.41) is 9.10. The second kappa shape index (κ2) is 6.43. The first-order valence-corrected chi connectivity index (χ1v) is 6.01. The summed E-state index contributed by atoms with van der Waals surface area (Å²) in [6, 6.07) is 17.3. The summed E-state index contributed by atoms with van der Waals surface area (Å²) < 4.78 is 0. The van der Waals surface area contributed by atoms with Crippen molar-refractivity contribution in [3.05, 3.63) is 54.6 Å². The molecule has 0 saturated heterocycles. The number of rotatable bonds is 1. The van der Waals surface area contributed by atoms with Crippen LogP contribution in [0.2, 0.25) is 0 Å². The van der Waals surface area contributed by atoms with Gasteiger partial charge in [0.1, 0.15) is 5.75 Å². The van der Waals surface area contributed by atoms with Crippen LogP contribution in [0.15, 0.2) is 54.6 Å². The van der Waals surface area contributed by atoms with Crippen LogP contribution in [0.4, 0.5) is 0 Å². The van der Waals surface area contributed by atoms with Crippen LogP contribution in [0.3, 0.4) is 0 Å². The summed E-state index contributed by atoms with van der Waals surface area (Å²) in [6.45, 7) is 0. The van der Waals surface area contributed by atoms with Gasteiger partial charge in [-0.15, -0.1) is 23.3 Å². The van der Waals surface area contributed by atoms with E-state index in [9.17, 15) is 0 Å². The minimum Gasteiger partial charge on any atom is -0.508 e. The predicted molar refractivity (Wildman–Crippen MR) is 71.5 cm³/mol. The number of phenols is 1. The smallest absolute Gasteiger partial charge is 0.115 e. The van der Waals surface area contributed by atoms with Crippen LogP contribution in [-0.2, 0) is 0 Å². The lowest BCUT2D eigenvalue weighted by Crippen LogP contribution is -1.74. The molecule has 0 atom stereocenters. The molecule has 0 aliphatic heterocycles. The van der Waals surface area contributed by atoms with Crippen molar-refractivity contribution in [1.82, 2.24) is 0 Å². The molecule has 2 aromatic carbocycles. The molecule has 0 radical (unpaired) electrons. The first kappa shape index (κ1) is 12.0. The van der Waals surface area contributed by atoms with Crippen LogP contribution in [0.1, 0.15) is 0 Å². The van der Waals surface area contributed by atoms with E-state index in [4.69, 9.17) is 5.11 Å². The molecular formula is C12H12OS2. The van der Waals surface area contributed by atoms with Gasteiger partial charge >= 0.3 is 0 Å². The average Bonchev–Trinajstić information content (AvgIpc) is 2.34. The van der Waals surface area contributed by atoms with E-state index in [0.717, 1.165) is 5.56 Å². The third kappa shape index (κ3) is 3.53. The minimum atomic E-state index is 0.305. The molecule has 0 heterocycles. The van der Waals surface area contributed by atoms with E-state index in [2.05, 4.69) is 23.3 Å².